The van der Waals surface area contributed by atoms with Gasteiger partial charge >= 0.3 is 5.97 Å². The van der Waals surface area contributed by atoms with E-state index >= 15 is 0 Å². The number of hydrogen-bond acceptors (Lipinski definition) is 8. The molecule has 0 spiro atoms. The molecule has 9 heteroatoms. The van der Waals surface area contributed by atoms with Crippen LogP contribution in [0.1, 0.15) is 39.0 Å². The monoisotopic (exact) mass is 441 g/mol. The molecule has 0 saturated heterocycles. The van der Waals surface area contributed by atoms with Crippen molar-refractivity contribution in [2.75, 3.05) is 26.9 Å². The Morgan fingerprint density at radius 3 is 2.50 bits per heavy atom. The molecule has 1 aromatic rings. The number of carbonyl (C=O) groups excluding carboxylic acids is 3. The molecule has 0 aliphatic heterocycles. The van der Waals surface area contributed by atoms with Gasteiger partial charge in [0.1, 0.15) is 6.61 Å². The highest BCUT2D eigenvalue weighted by molar-refractivity contribution is 8.13. The summed E-state index contributed by atoms with van der Waals surface area (Å²) in [5.41, 5.74) is 0. The molecule has 0 saturated carbocycles. The summed E-state index contributed by atoms with van der Waals surface area (Å²) in [5, 5.41) is 11.8. The van der Waals surface area contributed by atoms with E-state index in [0.717, 1.165) is 16.7 Å². The lowest BCUT2D eigenvalue weighted by atomic mass is 10.2. The lowest BCUT2D eigenvalue weighted by Crippen LogP contribution is -2.30. The van der Waals surface area contributed by atoms with E-state index in [2.05, 4.69) is 5.32 Å². The van der Waals surface area contributed by atoms with E-state index < -0.39 is 12.3 Å². The van der Waals surface area contributed by atoms with Gasteiger partial charge in [0.25, 0.3) is 0 Å². The SMILES string of the molecule is CCC(CO)OC(COC(=O)CCCC(=O)NCCC(=O)Sc1ccccc1)OC. The first-order chi connectivity index (χ1) is 14.5. The number of thioether (sulfide) groups is 1. The van der Waals surface area contributed by atoms with Gasteiger partial charge < -0.3 is 24.6 Å². The third kappa shape index (κ3) is 11.9. The molecule has 2 atom stereocenters. The van der Waals surface area contributed by atoms with Crippen molar-refractivity contribution >= 4 is 28.8 Å². The maximum absolute atomic E-state index is 11.9. The molecule has 2 N–H and O–H groups in total. The van der Waals surface area contributed by atoms with E-state index in [9.17, 15) is 14.4 Å². The van der Waals surface area contributed by atoms with Gasteiger partial charge in [-0.3, -0.25) is 14.4 Å². The number of benzene rings is 1. The van der Waals surface area contributed by atoms with Gasteiger partial charge in [-0.25, -0.2) is 0 Å². The number of aliphatic hydroxyl groups excluding tert-OH is 1. The molecule has 0 fully saturated rings. The number of amides is 1. The van der Waals surface area contributed by atoms with E-state index in [4.69, 9.17) is 19.3 Å². The normalized spacial score (nSPS) is 12.8. The maximum atomic E-state index is 11.9. The first-order valence-electron chi connectivity index (χ1n) is 9.95. The molecule has 1 amide bonds. The summed E-state index contributed by atoms with van der Waals surface area (Å²) in [5.74, 6) is -0.674. The number of nitrogens with one attached hydrogen (secondary N) is 1. The number of rotatable bonds is 15. The minimum atomic E-state index is -0.749. The van der Waals surface area contributed by atoms with Gasteiger partial charge in [-0.15, -0.1) is 0 Å². The number of ether oxygens (including phenoxy) is 3. The molecule has 0 aliphatic rings. The van der Waals surface area contributed by atoms with Crippen molar-refractivity contribution in [1.29, 1.82) is 0 Å². The fourth-order valence-electron chi connectivity index (χ4n) is 2.34. The van der Waals surface area contributed by atoms with Gasteiger partial charge in [-0.2, -0.15) is 0 Å². The zero-order valence-corrected chi connectivity index (χ0v) is 18.3. The molecule has 0 heterocycles. The van der Waals surface area contributed by atoms with E-state index in [-0.39, 0.29) is 56.1 Å². The Hall–Kier alpha value is -1.94. The summed E-state index contributed by atoms with van der Waals surface area (Å²) >= 11 is 1.15. The van der Waals surface area contributed by atoms with Crippen LogP contribution in [0.4, 0.5) is 0 Å². The van der Waals surface area contributed by atoms with E-state index in [0.29, 0.717) is 12.8 Å². The second-order valence-electron chi connectivity index (χ2n) is 6.44. The van der Waals surface area contributed by atoms with Gasteiger partial charge in [0.2, 0.25) is 5.91 Å². The van der Waals surface area contributed by atoms with Crippen molar-refractivity contribution in [2.24, 2.45) is 0 Å². The van der Waals surface area contributed by atoms with Crippen LogP contribution in [0, 0.1) is 0 Å². The van der Waals surface area contributed by atoms with Gasteiger partial charge in [-0.1, -0.05) is 36.9 Å². The van der Waals surface area contributed by atoms with Crippen LogP contribution in [-0.4, -0.2) is 61.4 Å². The third-order valence-corrected chi connectivity index (χ3v) is 5.00. The van der Waals surface area contributed by atoms with Crippen molar-refractivity contribution < 1.29 is 33.7 Å². The molecular weight excluding hydrogens is 410 g/mol. The highest BCUT2D eigenvalue weighted by Gasteiger charge is 2.16. The Kier molecular flexibility index (Phi) is 13.8. The summed E-state index contributed by atoms with van der Waals surface area (Å²) in [4.78, 5) is 36.3. The zero-order chi connectivity index (χ0) is 22.2. The number of hydrogen-bond donors (Lipinski definition) is 2. The van der Waals surface area contributed by atoms with E-state index in [1.807, 2.05) is 37.3 Å². The zero-order valence-electron chi connectivity index (χ0n) is 17.5. The van der Waals surface area contributed by atoms with Crippen LogP contribution in [0.2, 0.25) is 0 Å². The van der Waals surface area contributed by atoms with Crippen molar-refractivity contribution in [2.45, 2.75) is 56.3 Å². The van der Waals surface area contributed by atoms with Crippen LogP contribution in [-0.2, 0) is 28.6 Å². The van der Waals surface area contributed by atoms with Crippen LogP contribution in [0.5, 0.6) is 0 Å². The van der Waals surface area contributed by atoms with Crippen molar-refractivity contribution in [1.82, 2.24) is 5.32 Å². The largest absolute Gasteiger partial charge is 0.460 e. The quantitative estimate of drug-likeness (QED) is 0.242. The van der Waals surface area contributed by atoms with Gasteiger partial charge in [0.15, 0.2) is 11.4 Å². The molecule has 0 aromatic heterocycles. The maximum Gasteiger partial charge on any atom is 0.305 e. The molecule has 2 unspecified atom stereocenters. The predicted molar refractivity (Wildman–Crippen MR) is 113 cm³/mol. The van der Waals surface area contributed by atoms with Crippen LogP contribution in [0.3, 0.4) is 0 Å². The van der Waals surface area contributed by atoms with Crippen molar-refractivity contribution in [3.63, 3.8) is 0 Å². The Balaban J connectivity index is 2.12. The van der Waals surface area contributed by atoms with Crippen LogP contribution < -0.4 is 5.32 Å². The summed E-state index contributed by atoms with van der Waals surface area (Å²) in [6, 6.07) is 9.32. The Morgan fingerprint density at radius 1 is 1.13 bits per heavy atom. The molecular formula is C21H31NO7S. The number of esters is 1. The highest BCUT2D eigenvalue weighted by Crippen LogP contribution is 2.18. The second kappa shape index (κ2) is 15.8. The lowest BCUT2D eigenvalue weighted by Gasteiger charge is -2.21. The van der Waals surface area contributed by atoms with Gasteiger partial charge in [0, 0.05) is 37.8 Å². The Morgan fingerprint density at radius 2 is 1.87 bits per heavy atom. The molecule has 8 nitrogen and oxygen atoms in total. The third-order valence-electron chi connectivity index (χ3n) is 4.06. The van der Waals surface area contributed by atoms with E-state index in [1.165, 1.54) is 7.11 Å². The molecule has 0 aliphatic carbocycles. The van der Waals surface area contributed by atoms with Crippen LogP contribution in [0.15, 0.2) is 35.2 Å². The van der Waals surface area contributed by atoms with Crippen molar-refractivity contribution in [3.8, 4) is 0 Å². The van der Waals surface area contributed by atoms with Crippen molar-refractivity contribution in [3.05, 3.63) is 30.3 Å². The summed E-state index contributed by atoms with van der Waals surface area (Å²) < 4.78 is 15.6. The van der Waals surface area contributed by atoms with Gasteiger partial charge in [0.05, 0.1) is 12.7 Å². The Labute approximate surface area is 181 Å². The molecule has 0 bridgehead atoms. The first kappa shape index (κ1) is 26.1. The molecule has 168 valence electrons. The number of aliphatic hydroxyl groups is 1. The fourth-order valence-corrected chi connectivity index (χ4v) is 3.10. The number of methoxy groups -OCH3 is 1. The summed E-state index contributed by atoms with van der Waals surface area (Å²) in [6.07, 6.45) is 0.306. The average molecular weight is 442 g/mol. The molecule has 1 aromatic carbocycles. The molecule has 0 radical (unpaired) electrons. The highest BCUT2D eigenvalue weighted by atomic mass is 32.2. The summed E-state index contributed by atoms with van der Waals surface area (Å²) in [6.45, 7) is 1.90. The molecule has 30 heavy (non-hydrogen) atoms. The number of carbonyl (C=O) groups is 3. The smallest absolute Gasteiger partial charge is 0.305 e. The topological polar surface area (TPSA) is 111 Å². The average Bonchev–Trinajstić information content (AvgIpc) is 2.74. The minimum Gasteiger partial charge on any atom is -0.460 e. The standard InChI is InChI=1S/C21H31NO7S/c1-3-16(14-23)29-21(27-2)15-28-19(25)11-7-10-18(24)22-13-12-20(26)30-17-8-5-4-6-9-17/h4-6,8-9,16,21,23H,3,7,10-15H2,1-2H3,(H,22,24). The van der Waals surface area contributed by atoms with Crippen LogP contribution >= 0.6 is 11.8 Å². The molecule has 1 rings (SSSR count). The second-order valence-corrected chi connectivity index (χ2v) is 7.57. The lowest BCUT2D eigenvalue weighted by molar-refractivity contribution is -0.194. The first-order valence-corrected chi connectivity index (χ1v) is 10.8. The van der Waals surface area contributed by atoms with E-state index in [1.54, 1.807) is 0 Å². The van der Waals surface area contributed by atoms with Crippen LogP contribution in [0.25, 0.3) is 0 Å². The minimum absolute atomic E-state index is 0.0218. The summed E-state index contributed by atoms with van der Waals surface area (Å²) in [7, 11) is 1.43. The Bertz CT molecular complexity index is 638. The predicted octanol–water partition coefficient (Wildman–Crippen LogP) is 2.29. The van der Waals surface area contributed by atoms with Gasteiger partial charge in [-0.05, 0) is 25.0 Å². The fraction of sp³-hybridized carbons (Fsp3) is 0.571.